The number of rotatable bonds is 4. The van der Waals surface area contributed by atoms with E-state index < -0.39 is 23.4 Å². The lowest BCUT2D eigenvalue weighted by Gasteiger charge is -2.08. The Kier molecular flexibility index (Phi) is 5.37. The fraction of sp³-hybridized carbons (Fsp3) is 0. The molecule has 0 atom stereocenters. The largest absolute Gasteiger partial charge is 0.321 e. The van der Waals surface area contributed by atoms with Gasteiger partial charge in [0.25, 0.3) is 11.8 Å². The third-order valence-corrected chi connectivity index (χ3v) is 3.66. The number of hydrogen-bond acceptors (Lipinski definition) is 4. The van der Waals surface area contributed by atoms with E-state index >= 15 is 0 Å². The number of halogens is 2. The molecule has 3 rings (SSSR count). The molecule has 0 saturated carbocycles. The molecule has 28 heavy (non-hydrogen) atoms. The van der Waals surface area contributed by atoms with Crippen molar-refractivity contribution in [3.63, 3.8) is 0 Å². The van der Waals surface area contributed by atoms with Crippen molar-refractivity contribution in [1.29, 1.82) is 5.26 Å². The molecule has 1 heterocycles. The normalized spacial score (nSPS) is 10.0. The monoisotopic (exact) mass is 378 g/mol. The Morgan fingerprint density at radius 1 is 0.821 bits per heavy atom. The van der Waals surface area contributed by atoms with Crippen molar-refractivity contribution in [2.45, 2.75) is 0 Å². The summed E-state index contributed by atoms with van der Waals surface area (Å²) in [5.41, 5.74) is 0.882. The number of amides is 2. The number of nitrogens with zero attached hydrogens (tertiary/aromatic N) is 2. The van der Waals surface area contributed by atoms with Gasteiger partial charge in [-0.3, -0.25) is 9.59 Å². The molecule has 0 aliphatic heterocycles. The molecule has 0 spiro atoms. The van der Waals surface area contributed by atoms with E-state index in [0.717, 1.165) is 12.1 Å². The average Bonchev–Trinajstić information content (AvgIpc) is 2.71. The van der Waals surface area contributed by atoms with Crippen LogP contribution < -0.4 is 10.6 Å². The smallest absolute Gasteiger partial charge is 0.274 e. The number of anilines is 2. The topological polar surface area (TPSA) is 94.9 Å². The molecule has 0 radical (unpaired) electrons. The zero-order valence-electron chi connectivity index (χ0n) is 14.2. The summed E-state index contributed by atoms with van der Waals surface area (Å²) < 4.78 is 26.2. The molecular formula is C20H12F2N4O2. The molecule has 0 saturated heterocycles. The van der Waals surface area contributed by atoms with Crippen molar-refractivity contribution in [1.82, 2.24) is 4.98 Å². The number of carbonyl (C=O) groups is 2. The van der Waals surface area contributed by atoms with Gasteiger partial charge in [-0.25, -0.2) is 13.8 Å². The summed E-state index contributed by atoms with van der Waals surface area (Å²) >= 11 is 0. The van der Waals surface area contributed by atoms with E-state index in [4.69, 9.17) is 5.26 Å². The zero-order chi connectivity index (χ0) is 20.1. The molecule has 0 aliphatic rings. The predicted molar refractivity (Wildman–Crippen MR) is 97.7 cm³/mol. The SMILES string of the molecule is N#Cc1ccc(NC(=O)c2cccc(C(=O)Nc3ccc(F)c(F)c3)n2)cc1. The fourth-order valence-corrected chi connectivity index (χ4v) is 2.28. The fourth-order valence-electron chi connectivity index (χ4n) is 2.28. The van der Waals surface area contributed by atoms with Crippen molar-refractivity contribution in [3.8, 4) is 6.07 Å². The molecular weight excluding hydrogens is 366 g/mol. The number of nitriles is 1. The van der Waals surface area contributed by atoms with E-state index in [1.165, 1.54) is 24.3 Å². The highest BCUT2D eigenvalue weighted by molar-refractivity contribution is 6.06. The Balaban J connectivity index is 1.73. The minimum Gasteiger partial charge on any atom is -0.321 e. The third-order valence-electron chi connectivity index (χ3n) is 3.66. The van der Waals surface area contributed by atoms with Crippen LogP contribution in [0.2, 0.25) is 0 Å². The first kappa shape index (κ1) is 18.7. The van der Waals surface area contributed by atoms with E-state index in [0.29, 0.717) is 11.3 Å². The van der Waals surface area contributed by atoms with Gasteiger partial charge < -0.3 is 10.6 Å². The lowest BCUT2D eigenvalue weighted by atomic mass is 10.2. The number of nitrogens with one attached hydrogen (secondary N) is 2. The lowest BCUT2D eigenvalue weighted by Crippen LogP contribution is -2.18. The minimum absolute atomic E-state index is 0.0118. The maximum absolute atomic E-state index is 13.2. The first-order chi connectivity index (χ1) is 13.5. The summed E-state index contributed by atoms with van der Waals surface area (Å²) in [6.07, 6.45) is 0. The molecule has 0 unspecified atom stereocenters. The number of benzene rings is 2. The van der Waals surface area contributed by atoms with Crippen LogP contribution in [0.3, 0.4) is 0 Å². The molecule has 1 aromatic heterocycles. The van der Waals surface area contributed by atoms with Crippen LogP contribution in [-0.2, 0) is 0 Å². The quantitative estimate of drug-likeness (QED) is 0.723. The van der Waals surface area contributed by atoms with E-state index in [1.807, 2.05) is 6.07 Å². The van der Waals surface area contributed by atoms with Crippen molar-refractivity contribution in [2.24, 2.45) is 0 Å². The summed E-state index contributed by atoms with van der Waals surface area (Å²) in [5.74, 6) is -3.36. The van der Waals surface area contributed by atoms with Crippen LogP contribution in [0, 0.1) is 23.0 Å². The molecule has 8 heteroatoms. The van der Waals surface area contributed by atoms with Gasteiger partial charge in [-0.1, -0.05) is 6.07 Å². The summed E-state index contributed by atoms with van der Waals surface area (Å²) in [7, 11) is 0. The van der Waals surface area contributed by atoms with Gasteiger partial charge in [0.15, 0.2) is 11.6 Å². The summed E-state index contributed by atoms with van der Waals surface area (Å²) in [4.78, 5) is 28.6. The van der Waals surface area contributed by atoms with E-state index in [-0.39, 0.29) is 17.1 Å². The van der Waals surface area contributed by atoms with Gasteiger partial charge in [0, 0.05) is 17.4 Å². The summed E-state index contributed by atoms with van der Waals surface area (Å²) in [6.45, 7) is 0. The summed E-state index contributed by atoms with van der Waals surface area (Å²) in [5, 5.41) is 13.8. The van der Waals surface area contributed by atoms with Crippen molar-refractivity contribution < 1.29 is 18.4 Å². The molecule has 0 fully saturated rings. The Hall–Kier alpha value is -4.12. The molecule has 0 bridgehead atoms. The van der Waals surface area contributed by atoms with Gasteiger partial charge in [0.05, 0.1) is 11.6 Å². The number of carbonyl (C=O) groups excluding carboxylic acids is 2. The zero-order valence-corrected chi connectivity index (χ0v) is 14.2. The minimum atomic E-state index is -1.10. The van der Waals surface area contributed by atoms with Gasteiger partial charge in [-0.2, -0.15) is 5.26 Å². The van der Waals surface area contributed by atoms with Crippen LogP contribution in [0.1, 0.15) is 26.5 Å². The van der Waals surface area contributed by atoms with Crippen LogP contribution in [0.25, 0.3) is 0 Å². The van der Waals surface area contributed by atoms with Gasteiger partial charge in [0.2, 0.25) is 0 Å². The van der Waals surface area contributed by atoms with Crippen LogP contribution in [0.5, 0.6) is 0 Å². The average molecular weight is 378 g/mol. The van der Waals surface area contributed by atoms with Crippen LogP contribution >= 0.6 is 0 Å². The molecule has 0 aliphatic carbocycles. The molecule has 2 N–H and O–H groups in total. The number of pyridine rings is 1. The molecule has 2 amide bonds. The Morgan fingerprint density at radius 3 is 1.96 bits per heavy atom. The second-order valence-corrected chi connectivity index (χ2v) is 5.63. The van der Waals surface area contributed by atoms with E-state index in [2.05, 4.69) is 15.6 Å². The molecule has 138 valence electrons. The van der Waals surface area contributed by atoms with Gasteiger partial charge >= 0.3 is 0 Å². The predicted octanol–water partition coefficient (Wildman–Crippen LogP) is 3.74. The maximum atomic E-state index is 13.2. The first-order valence-corrected chi connectivity index (χ1v) is 8.01. The van der Waals surface area contributed by atoms with Crippen LogP contribution in [-0.4, -0.2) is 16.8 Å². The standard InChI is InChI=1S/C20H12F2N4O2/c21-15-9-8-14(10-16(15)22)25-20(28)18-3-1-2-17(26-18)19(27)24-13-6-4-12(11-23)5-7-13/h1-10H,(H,24,27)(H,25,28). The Labute approximate surface area is 158 Å². The molecule has 6 nitrogen and oxygen atoms in total. The number of hydrogen-bond donors (Lipinski definition) is 2. The second-order valence-electron chi connectivity index (χ2n) is 5.63. The first-order valence-electron chi connectivity index (χ1n) is 8.01. The molecule has 3 aromatic rings. The lowest BCUT2D eigenvalue weighted by molar-refractivity contribution is 0.101. The highest BCUT2D eigenvalue weighted by atomic mass is 19.2. The van der Waals surface area contributed by atoms with Crippen molar-refractivity contribution in [2.75, 3.05) is 10.6 Å². The Bertz CT molecular complexity index is 1090. The van der Waals surface area contributed by atoms with Crippen LogP contribution in [0.15, 0.2) is 60.7 Å². The van der Waals surface area contributed by atoms with Gasteiger partial charge in [-0.05, 0) is 48.5 Å². The Morgan fingerprint density at radius 2 is 1.39 bits per heavy atom. The number of aromatic nitrogens is 1. The van der Waals surface area contributed by atoms with Gasteiger partial charge in [-0.15, -0.1) is 0 Å². The maximum Gasteiger partial charge on any atom is 0.274 e. The highest BCUT2D eigenvalue weighted by Crippen LogP contribution is 2.15. The van der Waals surface area contributed by atoms with E-state index in [9.17, 15) is 18.4 Å². The van der Waals surface area contributed by atoms with Crippen molar-refractivity contribution in [3.05, 3.63) is 89.2 Å². The van der Waals surface area contributed by atoms with Crippen molar-refractivity contribution >= 4 is 23.2 Å². The van der Waals surface area contributed by atoms with Crippen LogP contribution in [0.4, 0.5) is 20.2 Å². The highest BCUT2D eigenvalue weighted by Gasteiger charge is 2.14. The van der Waals surface area contributed by atoms with E-state index in [1.54, 1.807) is 24.3 Å². The second kappa shape index (κ2) is 8.05. The van der Waals surface area contributed by atoms with Gasteiger partial charge in [0.1, 0.15) is 11.4 Å². The third kappa shape index (κ3) is 4.34. The molecule has 2 aromatic carbocycles. The summed E-state index contributed by atoms with van der Waals surface area (Å²) in [6, 6.07) is 15.4.